The Morgan fingerprint density at radius 3 is 2.29 bits per heavy atom. The number of amides is 3. The van der Waals surface area contributed by atoms with E-state index in [0.29, 0.717) is 40.9 Å². The third-order valence-electron chi connectivity index (χ3n) is 10.1. The standard InChI is InChI=1S/C38H38ClN3O5S/c1-4-47-27-17-15-26(16-18-27)40-21-9-19-37(3)30(34(40)44)31-35(45)42(29(23-43)25-12-6-5-7-13-25)33-36(46)41(22-10-20-38(31,33)48-37)32-24(2)11-8-14-28(32)39/h5-20,29-31,33,43H,4,21-23H2,1-3H3/t29-,30-,31+,33?,37+,38+/m1/s1. The van der Waals surface area contributed by atoms with Gasteiger partial charge in [-0.25, -0.2) is 0 Å². The van der Waals surface area contributed by atoms with Gasteiger partial charge in [-0.05, 0) is 62.2 Å². The molecule has 10 heteroatoms. The molecule has 0 radical (unpaired) electrons. The quantitative estimate of drug-likeness (QED) is 0.309. The van der Waals surface area contributed by atoms with E-state index in [0.717, 1.165) is 5.56 Å². The number of hydrogen-bond acceptors (Lipinski definition) is 6. The zero-order valence-corrected chi connectivity index (χ0v) is 28.7. The van der Waals surface area contributed by atoms with Crippen LogP contribution < -0.4 is 14.5 Å². The van der Waals surface area contributed by atoms with Crippen molar-refractivity contribution >= 4 is 52.5 Å². The molecule has 3 aromatic rings. The van der Waals surface area contributed by atoms with Crippen LogP contribution in [0.4, 0.5) is 11.4 Å². The van der Waals surface area contributed by atoms with Gasteiger partial charge in [0.2, 0.25) is 11.8 Å². The minimum Gasteiger partial charge on any atom is -0.494 e. The third kappa shape index (κ3) is 4.97. The van der Waals surface area contributed by atoms with Gasteiger partial charge in [0.05, 0.1) is 46.5 Å². The van der Waals surface area contributed by atoms with Crippen LogP contribution >= 0.6 is 23.4 Å². The fourth-order valence-electron chi connectivity index (χ4n) is 8.11. The molecule has 3 aromatic carbocycles. The number of halogens is 1. The summed E-state index contributed by atoms with van der Waals surface area (Å²) in [4.78, 5) is 50.0. The van der Waals surface area contributed by atoms with Gasteiger partial charge in [-0.3, -0.25) is 14.4 Å². The van der Waals surface area contributed by atoms with Crippen molar-refractivity contribution in [1.82, 2.24) is 4.90 Å². The number of likely N-dealkylation sites (tertiary alicyclic amines) is 1. The molecule has 1 unspecified atom stereocenters. The molecule has 0 saturated carbocycles. The first-order chi connectivity index (χ1) is 23.1. The van der Waals surface area contributed by atoms with Gasteiger partial charge in [0.15, 0.2) is 0 Å². The number of thioether (sulfide) groups is 1. The number of anilines is 2. The Hall–Kier alpha value is -4.05. The Balaban J connectivity index is 1.38. The summed E-state index contributed by atoms with van der Waals surface area (Å²) in [5.74, 6) is -1.75. The van der Waals surface area contributed by atoms with Gasteiger partial charge in [0.25, 0.3) is 5.91 Å². The number of hydrogen-bond donors (Lipinski definition) is 1. The molecule has 4 aliphatic heterocycles. The number of nitrogens with zero attached hydrogens (tertiary/aromatic N) is 3. The average Bonchev–Trinajstić information content (AvgIpc) is 3.35. The predicted octanol–water partition coefficient (Wildman–Crippen LogP) is 5.97. The number of aryl methyl sites for hydroxylation is 1. The number of ether oxygens (including phenoxy) is 1. The SMILES string of the molecule is CCOc1ccc(N2CC=C[C@]3(C)S[C@]45C=CCN(c6c(C)cccc6Cl)C(=O)C4N([C@H](CO)c4ccccc4)C(=O)[C@@H]5[C@@H]3C2=O)cc1. The van der Waals surface area contributed by atoms with Crippen LogP contribution in [0.15, 0.2) is 97.1 Å². The Kier molecular flexibility index (Phi) is 8.42. The average molecular weight is 684 g/mol. The van der Waals surface area contributed by atoms with Gasteiger partial charge >= 0.3 is 0 Å². The van der Waals surface area contributed by atoms with Crippen molar-refractivity contribution in [3.63, 3.8) is 0 Å². The topological polar surface area (TPSA) is 90.4 Å². The van der Waals surface area contributed by atoms with Crippen LogP contribution in [0.2, 0.25) is 5.02 Å². The molecule has 4 aliphatic rings. The first-order valence-electron chi connectivity index (χ1n) is 16.3. The van der Waals surface area contributed by atoms with Crippen molar-refractivity contribution in [2.24, 2.45) is 11.8 Å². The maximum atomic E-state index is 15.1. The molecule has 1 N–H and O–H groups in total. The molecule has 248 valence electrons. The lowest BCUT2D eigenvalue weighted by atomic mass is 9.74. The smallest absolute Gasteiger partial charge is 0.251 e. The summed E-state index contributed by atoms with van der Waals surface area (Å²) in [7, 11) is 0. The van der Waals surface area contributed by atoms with Gasteiger partial charge in [0.1, 0.15) is 11.8 Å². The van der Waals surface area contributed by atoms with Gasteiger partial charge in [-0.2, -0.15) is 0 Å². The minimum atomic E-state index is -1.10. The lowest BCUT2D eigenvalue weighted by molar-refractivity contribution is -0.142. The maximum absolute atomic E-state index is 15.1. The number of para-hydroxylation sites is 1. The van der Waals surface area contributed by atoms with Crippen LogP contribution in [0.5, 0.6) is 5.75 Å². The maximum Gasteiger partial charge on any atom is 0.251 e. The summed E-state index contributed by atoms with van der Waals surface area (Å²) in [6.07, 6.45) is 7.94. The molecule has 8 nitrogen and oxygen atoms in total. The van der Waals surface area contributed by atoms with Gasteiger partial charge in [-0.15, -0.1) is 11.8 Å². The molecule has 0 aromatic heterocycles. The molecule has 2 saturated heterocycles. The molecular weight excluding hydrogens is 646 g/mol. The molecule has 4 heterocycles. The summed E-state index contributed by atoms with van der Waals surface area (Å²) in [5.41, 5.74) is 2.83. The number of aliphatic hydroxyl groups excluding tert-OH is 1. The third-order valence-corrected chi connectivity index (χ3v) is 12.2. The Morgan fingerprint density at radius 2 is 1.60 bits per heavy atom. The molecule has 3 amide bonds. The molecule has 7 rings (SSSR count). The first kappa shape index (κ1) is 32.5. The highest BCUT2D eigenvalue weighted by atomic mass is 35.5. The highest BCUT2D eigenvalue weighted by Crippen LogP contribution is 2.66. The zero-order valence-electron chi connectivity index (χ0n) is 27.1. The molecule has 48 heavy (non-hydrogen) atoms. The Bertz CT molecular complexity index is 1800. The summed E-state index contributed by atoms with van der Waals surface area (Å²) in [6.45, 7) is 6.55. The van der Waals surface area contributed by atoms with Gasteiger partial charge in [0, 0.05) is 23.5 Å². The van der Waals surface area contributed by atoms with Crippen LogP contribution in [0, 0.1) is 18.8 Å². The lowest BCUT2D eigenvalue weighted by Gasteiger charge is -2.40. The number of rotatable bonds is 7. The highest BCUT2D eigenvalue weighted by Gasteiger charge is 2.74. The van der Waals surface area contributed by atoms with Crippen molar-refractivity contribution in [3.8, 4) is 5.75 Å². The summed E-state index contributed by atoms with van der Waals surface area (Å²) < 4.78 is 3.75. The molecular formula is C38H38ClN3O5S. The fraction of sp³-hybridized carbons (Fsp3) is 0.342. The highest BCUT2D eigenvalue weighted by molar-refractivity contribution is 8.02. The van der Waals surface area contributed by atoms with Crippen LogP contribution in [0.3, 0.4) is 0 Å². The number of carbonyl (C=O) groups excluding carboxylic acids is 3. The number of fused-ring (bicyclic) bond motifs is 2. The van der Waals surface area contributed by atoms with Crippen LogP contribution in [-0.2, 0) is 14.4 Å². The fourth-order valence-corrected chi connectivity index (χ4v) is 10.6. The second-order valence-corrected chi connectivity index (χ2v) is 15.1. The van der Waals surface area contributed by atoms with Crippen molar-refractivity contribution < 1.29 is 24.2 Å². The molecule has 6 atom stereocenters. The number of carbonyl (C=O) groups is 3. The molecule has 0 bridgehead atoms. The summed E-state index contributed by atoms with van der Waals surface area (Å²) in [6, 6.07) is 20.4. The van der Waals surface area contributed by atoms with E-state index >= 15 is 9.59 Å². The van der Waals surface area contributed by atoms with E-state index < -0.39 is 40.0 Å². The van der Waals surface area contributed by atoms with Gasteiger partial charge < -0.3 is 24.5 Å². The summed E-state index contributed by atoms with van der Waals surface area (Å²) in [5, 5.41) is 11.3. The van der Waals surface area contributed by atoms with Crippen LogP contribution in [0.1, 0.15) is 31.0 Å². The van der Waals surface area contributed by atoms with Crippen molar-refractivity contribution in [1.29, 1.82) is 0 Å². The van der Waals surface area contributed by atoms with Crippen molar-refractivity contribution in [3.05, 3.63) is 113 Å². The molecule has 1 spiro atoms. The van der Waals surface area contributed by atoms with E-state index in [1.165, 1.54) is 11.8 Å². The van der Waals surface area contributed by atoms with Gasteiger partial charge in [-0.1, -0.05) is 78.4 Å². The largest absolute Gasteiger partial charge is 0.494 e. The number of aliphatic hydroxyl groups is 1. The van der Waals surface area contributed by atoms with Crippen molar-refractivity contribution in [2.45, 2.75) is 42.3 Å². The number of benzene rings is 3. The Morgan fingerprint density at radius 1 is 0.896 bits per heavy atom. The predicted molar refractivity (Wildman–Crippen MR) is 189 cm³/mol. The monoisotopic (exact) mass is 683 g/mol. The molecule has 2 fully saturated rings. The van der Waals surface area contributed by atoms with E-state index in [1.807, 2.05) is 112 Å². The van der Waals surface area contributed by atoms with Crippen LogP contribution in [-0.4, -0.2) is 69.6 Å². The zero-order chi connectivity index (χ0) is 33.8. The van der Waals surface area contributed by atoms with E-state index in [9.17, 15) is 9.90 Å². The van der Waals surface area contributed by atoms with E-state index in [1.54, 1.807) is 20.8 Å². The van der Waals surface area contributed by atoms with E-state index in [2.05, 4.69) is 0 Å². The van der Waals surface area contributed by atoms with Crippen LogP contribution in [0.25, 0.3) is 0 Å². The first-order valence-corrected chi connectivity index (χ1v) is 17.5. The normalized spacial score (nSPS) is 28.6. The molecule has 0 aliphatic carbocycles. The lowest BCUT2D eigenvalue weighted by Crippen LogP contribution is -2.54. The van der Waals surface area contributed by atoms with Crippen molar-refractivity contribution in [2.75, 3.05) is 36.1 Å². The summed E-state index contributed by atoms with van der Waals surface area (Å²) >= 11 is 8.24. The minimum absolute atomic E-state index is 0.181. The second-order valence-electron chi connectivity index (χ2n) is 12.9. The van der Waals surface area contributed by atoms with E-state index in [-0.39, 0.29) is 24.3 Å². The Labute approximate surface area is 290 Å². The van der Waals surface area contributed by atoms with E-state index in [4.69, 9.17) is 16.3 Å². The second kappa shape index (κ2) is 12.4.